The lowest BCUT2D eigenvalue weighted by atomic mass is 9.86. The van der Waals surface area contributed by atoms with Crippen molar-refractivity contribution in [3.63, 3.8) is 0 Å². The lowest BCUT2D eigenvalue weighted by Gasteiger charge is -2.29. The number of rotatable bonds is 5. The molecular formula is C15H25ClN2O3. The second kappa shape index (κ2) is 8.32. The average molecular weight is 317 g/mol. The number of hydrogen-bond acceptors (Lipinski definition) is 5. The van der Waals surface area contributed by atoms with Gasteiger partial charge in [-0.25, -0.2) is 0 Å². The molecule has 21 heavy (non-hydrogen) atoms. The molecular weight excluding hydrogens is 292 g/mol. The number of methoxy groups -OCH3 is 3. The fraction of sp³-hybridized carbons (Fsp3) is 0.600. The Kier molecular flexibility index (Phi) is 7.08. The zero-order chi connectivity index (χ0) is 14.5. The van der Waals surface area contributed by atoms with Crippen LogP contribution in [-0.2, 0) is 0 Å². The van der Waals surface area contributed by atoms with E-state index in [4.69, 9.17) is 19.9 Å². The highest BCUT2D eigenvalue weighted by Crippen LogP contribution is 2.43. The van der Waals surface area contributed by atoms with Crippen molar-refractivity contribution in [2.45, 2.75) is 18.9 Å². The van der Waals surface area contributed by atoms with Crippen molar-refractivity contribution >= 4 is 12.4 Å². The first-order chi connectivity index (χ1) is 9.72. The second-order valence-corrected chi connectivity index (χ2v) is 5.04. The molecule has 0 saturated carbocycles. The van der Waals surface area contributed by atoms with E-state index < -0.39 is 0 Å². The summed E-state index contributed by atoms with van der Waals surface area (Å²) in [6.45, 7) is 2.04. The molecule has 1 aliphatic heterocycles. The van der Waals surface area contributed by atoms with Crippen molar-refractivity contribution in [2.75, 3.05) is 34.4 Å². The van der Waals surface area contributed by atoms with E-state index in [9.17, 15) is 0 Å². The van der Waals surface area contributed by atoms with E-state index in [1.54, 1.807) is 21.3 Å². The van der Waals surface area contributed by atoms with Gasteiger partial charge in [-0.3, -0.25) is 0 Å². The fourth-order valence-electron chi connectivity index (χ4n) is 2.84. The van der Waals surface area contributed by atoms with Crippen LogP contribution in [0.4, 0.5) is 0 Å². The van der Waals surface area contributed by atoms with Crippen LogP contribution in [0.1, 0.15) is 24.4 Å². The Bertz CT molecular complexity index is 451. The predicted octanol–water partition coefficient (Wildman–Crippen LogP) is 2.13. The minimum atomic E-state index is -0.0492. The first-order valence-electron chi connectivity index (χ1n) is 6.98. The molecule has 0 amide bonds. The van der Waals surface area contributed by atoms with Crippen LogP contribution in [0.5, 0.6) is 17.2 Å². The first-order valence-corrected chi connectivity index (χ1v) is 6.98. The summed E-state index contributed by atoms with van der Waals surface area (Å²) in [5.74, 6) is 2.41. The summed E-state index contributed by atoms with van der Waals surface area (Å²) in [6, 6.07) is 3.82. The summed E-state index contributed by atoms with van der Waals surface area (Å²) in [5, 5.41) is 3.36. The Hall–Kier alpha value is -1.17. The van der Waals surface area contributed by atoms with Crippen molar-refractivity contribution in [1.29, 1.82) is 0 Å². The highest BCUT2D eigenvalue weighted by molar-refractivity contribution is 5.85. The molecule has 1 aromatic rings. The molecule has 0 aromatic heterocycles. The summed E-state index contributed by atoms with van der Waals surface area (Å²) in [5.41, 5.74) is 7.44. The Morgan fingerprint density at radius 3 is 2.19 bits per heavy atom. The lowest BCUT2D eigenvalue weighted by Crippen LogP contribution is -2.34. The van der Waals surface area contributed by atoms with E-state index >= 15 is 0 Å². The van der Waals surface area contributed by atoms with E-state index in [2.05, 4.69) is 5.32 Å². The predicted molar refractivity (Wildman–Crippen MR) is 85.9 cm³/mol. The Morgan fingerprint density at radius 1 is 1.05 bits per heavy atom. The van der Waals surface area contributed by atoms with Gasteiger partial charge in [-0.15, -0.1) is 12.4 Å². The third-order valence-electron chi connectivity index (χ3n) is 3.99. The first kappa shape index (κ1) is 17.9. The molecule has 1 aliphatic rings. The molecule has 0 unspecified atom stereocenters. The topological polar surface area (TPSA) is 65.7 Å². The van der Waals surface area contributed by atoms with Crippen LogP contribution in [-0.4, -0.2) is 34.4 Å². The third-order valence-corrected chi connectivity index (χ3v) is 3.99. The summed E-state index contributed by atoms with van der Waals surface area (Å²) in [4.78, 5) is 0. The average Bonchev–Trinajstić information content (AvgIpc) is 2.53. The molecule has 120 valence electrons. The monoisotopic (exact) mass is 316 g/mol. The third kappa shape index (κ3) is 3.73. The van der Waals surface area contributed by atoms with Gasteiger partial charge in [0, 0.05) is 11.6 Å². The van der Waals surface area contributed by atoms with Gasteiger partial charge >= 0.3 is 0 Å². The Morgan fingerprint density at radius 2 is 1.67 bits per heavy atom. The fourth-order valence-corrected chi connectivity index (χ4v) is 2.84. The molecule has 1 fully saturated rings. The van der Waals surface area contributed by atoms with Crippen molar-refractivity contribution < 1.29 is 14.2 Å². The van der Waals surface area contributed by atoms with Crippen molar-refractivity contribution in [3.05, 3.63) is 17.7 Å². The molecule has 2 rings (SSSR count). The SMILES string of the molecule is COc1ccc([C@H](N)C2CCNCC2)c(OC)c1OC.Cl. The van der Waals surface area contributed by atoms with Crippen LogP contribution in [0.2, 0.25) is 0 Å². The van der Waals surface area contributed by atoms with Crippen molar-refractivity contribution in [2.24, 2.45) is 11.7 Å². The number of hydrogen-bond donors (Lipinski definition) is 2. The number of nitrogens with two attached hydrogens (primary N) is 1. The van der Waals surface area contributed by atoms with Gasteiger partial charge in [-0.1, -0.05) is 0 Å². The number of nitrogens with one attached hydrogen (secondary N) is 1. The van der Waals surface area contributed by atoms with Crippen LogP contribution < -0.4 is 25.3 Å². The van der Waals surface area contributed by atoms with Gasteiger partial charge in [0.1, 0.15) is 0 Å². The number of ether oxygens (including phenoxy) is 3. The molecule has 0 spiro atoms. The Labute approximate surface area is 132 Å². The number of piperidine rings is 1. The van der Waals surface area contributed by atoms with E-state index in [1.807, 2.05) is 12.1 Å². The Balaban J connectivity index is 0.00000220. The minimum absolute atomic E-state index is 0. The van der Waals surface area contributed by atoms with Crippen molar-refractivity contribution in [3.8, 4) is 17.2 Å². The zero-order valence-corrected chi connectivity index (χ0v) is 13.7. The van der Waals surface area contributed by atoms with Gasteiger partial charge in [0.15, 0.2) is 11.5 Å². The highest BCUT2D eigenvalue weighted by Gasteiger charge is 2.26. The summed E-state index contributed by atoms with van der Waals surface area (Å²) < 4.78 is 16.2. The molecule has 1 heterocycles. The quantitative estimate of drug-likeness (QED) is 0.871. The van der Waals surface area contributed by atoms with E-state index in [1.165, 1.54) is 0 Å². The van der Waals surface area contributed by atoms with Crippen LogP contribution in [0.15, 0.2) is 12.1 Å². The number of halogens is 1. The van der Waals surface area contributed by atoms with Gasteiger partial charge in [0.2, 0.25) is 5.75 Å². The van der Waals surface area contributed by atoms with E-state index in [0.29, 0.717) is 23.2 Å². The molecule has 0 bridgehead atoms. The lowest BCUT2D eigenvalue weighted by molar-refractivity contribution is 0.299. The van der Waals surface area contributed by atoms with Crippen LogP contribution >= 0.6 is 12.4 Å². The maximum atomic E-state index is 6.46. The molecule has 1 aromatic carbocycles. The van der Waals surface area contributed by atoms with Crippen LogP contribution in [0.25, 0.3) is 0 Å². The second-order valence-electron chi connectivity index (χ2n) is 5.04. The van der Waals surface area contributed by atoms with Gasteiger partial charge in [-0.05, 0) is 44.0 Å². The summed E-state index contributed by atoms with van der Waals surface area (Å²) in [6.07, 6.45) is 2.16. The molecule has 1 atom stereocenters. The number of benzene rings is 1. The molecule has 3 N–H and O–H groups in total. The molecule has 1 saturated heterocycles. The van der Waals surface area contributed by atoms with E-state index in [0.717, 1.165) is 31.5 Å². The van der Waals surface area contributed by atoms with Gasteiger partial charge in [0.05, 0.1) is 21.3 Å². The molecule has 0 radical (unpaired) electrons. The van der Waals surface area contributed by atoms with E-state index in [-0.39, 0.29) is 18.4 Å². The minimum Gasteiger partial charge on any atom is -0.493 e. The highest BCUT2D eigenvalue weighted by atomic mass is 35.5. The maximum absolute atomic E-state index is 6.46. The summed E-state index contributed by atoms with van der Waals surface area (Å²) >= 11 is 0. The van der Waals surface area contributed by atoms with Crippen LogP contribution in [0, 0.1) is 5.92 Å². The van der Waals surface area contributed by atoms with Gasteiger partial charge < -0.3 is 25.3 Å². The maximum Gasteiger partial charge on any atom is 0.203 e. The molecule has 5 nitrogen and oxygen atoms in total. The zero-order valence-electron chi connectivity index (χ0n) is 12.8. The molecule has 6 heteroatoms. The smallest absolute Gasteiger partial charge is 0.203 e. The normalized spacial score (nSPS) is 16.8. The largest absolute Gasteiger partial charge is 0.493 e. The van der Waals surface area contributed by atoms with Crippen molar-refractivity contribution in [1.82, 2.24) is 5.32 Å². The van der Waals surface area contributed by atoms with Crippen LogP contribution in [0.3, 0.4) is 0 Å². The van der Waals surface area contributed by atoms with Gasteiger partial charge in [0.25, 0.3) is 0 Å². The standard InChI is InChI=1S/C15H24N2O3.ClH/c1-18-12-5-4-11(14(19-2)15(12)20-3)13(16)10-6-8-17-9-7-10;/h4-5,10,13,17H,6-9,16H2,1-3H3;1H/t13-;/m1./s1. The van der Waals surface area contributed by atoms with Gasteiger partial charge in [-0.2, -0.15) is 0 Å². The summed E-state index contributed by atoms with van der Waals surface area (Å²) in [7, 11) is 4.86. The molecule has 0 aliphatic carbocycles.